The van der Waals surface area contributed by atoms with E-state index in [1.54, 1.807) is 0 Å². The lowest BCUT2D eigenvalue weighted by Gasteiger charge is -2.28. The van der Waals surface area contributed by atoms with Crippen molar-refractivity contribution in [1.82, 2.24) is 5.32 Å². The van der Waals surface area contributed by atoms with Gasteiger partial charge in [-0.1, -0.05) is 30.3 Å². The summed E-state index contributed by atoms with van der Waals surface area (Å²) in [6.07, 6.45) is 0.807. The molecule has 0 bridgehead atoms. The van der Waals surface area contributed by atoms with E-state index in [1.807, 2.05) is 18.2 Å². The molecule has 2 unspecified atom stereocenters. The van der Waals surface area contributed by atoms with Crippen molar-refractivity contribution >= 4 is 0 Å². The van der Waals surface area contributed by atoms with Crippen LogP contribution in [-0.2, 0) is 0 Å². The van der Waals surface area contributed by atoms with Gasteiger partial charge in [-0.15, -0.1) is 0 Å². The van der Waals surface area contributed by atoms with Crippen molar-refractivity contribution in [2.75, 3.05) is 13.1 Å². The number of rotatable bonds is 1. The highest BCUT2D eigenvalue weighted by Gasteiger charge is 2.23. The van der Waals surface area contributed by atoms with Gasteiger partial charge >= 0.3 is 0 Å². The third-order valence-corrected chi connectivity index (χ3v) is 2.68. The van der Waals surface area contributed by atoms with E-state index in [1.165, 1.54) is 5.56 Å². The number of hydrogen-bond donors (Lipinski definition) is 2. The maximum Gasteiger partial charge on any atom is 0.0733 e. The number of benzene rings is 1. The van der Waals surface area contributed by atoms with Crippen molar-refractivity contribution in [3.05, 3.63) is 35.9 Å². The maximum absolute atomic E-state index is 9.76. The van der Waals surface area contributed by atoms with E-state index in [9.17, 15) is 5.11 Å². The van der Waals surface area contributed by atoms with Crippen molar-refractivity contribution in [2.45, 2.75) is 18.4 Å². The zero-order valence-corrected chi connectivity index (χ0v) is 7.61. The minimum Gasteiger partial charge on any atom is -0.391 e. The minimum atomic E-state index is -0.226. The summed E-state index contributed by atoms with van der Waals surface area (Å²) in [4.78, 5) is 0. The molecule has 0 spiro atoms. The van der Waals surface area contributed by atoms with Crippen molar-refractivity contribution in [1.29, 1.82) is 0 Å². The molecule has 70 valence electrons. The normalized spacial score (nSPS) is 28.7. The standard InChI is InChI=1S/C11H15NO/c13-11-8-12-7-6-10(11)9-4-2-1-3-5-9/h1-5,10-13H,6-8H2. The summed E-state index contributed by atoms with van der Waals surface area (Å²) in [6.45, 7) is 1.73. The van der Waals surface area contributed by atoms with Gasteiger partial charge in [0.1, 0.15) is 0 Å². The van der Waals surface area contributed by atoms with Gasteiger partial charge in [0, 0.05) is 12.5 Å². The van der Waals surface area contributed by atoms with E-state index in [-0.39, 0.29) is 6.10 Å². The lowest BCUT2D eigenvalue weighted by molar-refractivity contribution is 0.118. The van der Waals surface area contributed by atoms with Crippen molar-refractivity contribution < 1.29 is 5.11 Å². The summed E-state index contributed by atoms with van der Waals surface area (Å²) in [5.41, 5.74) is 1.26. The van der Waals surface area contributed by atoms with Gasteiger partial charge in [-0.3, -0.25) is 0 Å². The molecule has 1 aliphatic rings. The molecule has 1 aromatic carbocycles. The Balaban J connectivity index is 2.15. The molecule has 2 N–H and O–H groups in total. The molecule has 0 aromatic heterocycles. The van der Waals surface area contributed by atoms with Gasteiger partial charge in [-0.05, 0) is 18.5 Å². The lowest BCUT2D eigenvalue weighted by atomic mass is 9.88. The Morgan fingerprint density at radius 1 is 1.23 bits per heavy atom. The first-order valence-corrected chi connectivity index (χ1v) is 4.81. The van der Waals surface area contributed by atoms with E-state index in [2.05, 4.69) is 17.4 Å². The fraction of sp³-hybridized carbons (Fsp3) is 0.455. The fourth-order valence-electron chi connectivity index (χ4n) is 1.93. The summed E-state index contributed by atoms with van der Waals surface area (Å²) in [5.74, 6) is 0.322. The Bertz CT molecular complexity index is 260. The molecule has 0 saturated carbocycles. The summed E-state index contributed by atoms with van der Waals surface area (Å²) in [7, 11) is 0. The van der Waals surface area contributed by atoms with Gasteiger partial charge in [0.25, 0.3) is 0 Å². The Kier molecular flexibility index (Phi) is 2.62. The second-order valence-corrected chi connectivity index (χ2v) is 3.58. The molecular weight excluding hydrogens is 162 g/mol. The number of hydrogen-bond acceptors (Lipinski definition) is 2. The van der Waals surface area contributed by atoms with Crippen LogP contribution < -0.4 is 5.32 Å². The molecule has 1 saturated heterocycles. The first-order valence-electron chi connectivity index (χ1n) is 4.81. The summed E-state index contributed by atoms with van der Waals surface area (Å²) in [6, 6.07) is 10.3. The Morgan fingerprint density at radius 2 is 2.00 bits per heavy atom. The third-order valence-electron chi connectivity index (χ3n) is 2.68. The van der Waals surface area contributed by atoms with Crippen LogP contribution in [0.4, 0.5) is 0 Å². The Morgan fingerprint density at radius 3 is 2.69 bits per heavy atom. The van der Waals surface area contributed by atoms with Gasteiger partial charge in [0.05, 0.1) is 6.10 Å². The number of nitrogens with one attached hydrogen (secondary N) is 1. The molecule has 0 radical (unpaired) electrons. The van der Waals surface area contributed by atoms with E-state index < -0.39 is 0 Å². The predicted octanol–water partition coefficient (Wildman–Crippen LogP) is 1.12. The van der Waals surface area contributed by atoms with E-state index in [0.717, 1.165) is 19.5 Å². The largest absolute Gasteiger partial charge is 0.391 e. The number of β-amino-alcohol motifs (C(OH)–C–C–N with tert-alkyl or cyclic N) is 1. The van der Waals surface area contributed by atoms with Crippen LogP contribution in [0.5, 0.6) is 0 Å². The molecule has 2 atom stereocenters. The van der Waals surface area contributed by atoms with Gasteiger partial charge in [0.15, 0.2) is 0 Å². The van der Waals surface area contributed by atoms with Gasteiger partial charge in [-0.2, -0.15) is 0 Å². The summed E-state index contributed by atoms with van der Waals surface area (Å²) < 4.78 is 0. The Labute approximate surface area is 78.6 Å². The van der Waals surface area contributed by atoms with E-state index in [4.69, 9.17) is 0 Å². The molecular formula is C11H15NO. The highest BCUT2D eigenvalue weighted by molar-refractivity contribution is 5.21. The van der Waals surface area contributed by atoms with Crippen LogP contribution in [0.3, 0.4) is 0 Å². The highest BCUT2D eigenvalue weighted by atomic mass is 16.3. The number of aliphatic hydroxyl groups excluding tert-OH is 1. The molecule has 13 heavy (non-hydrogen) atoms. The van der Waals surface area contributed by atoms with E-state index in [0.29, 0.717) is 5.92 Å². The predicted molar refractivity (Wildman–Crippen MR) is 52.7 cm³/mol. The van der Waals surface area contributed by atoms with Gasteiger partial charge < -0.3 is 10.4 Å². The first kappa shape index (κ1) is 8.73. The molecule has 0 amide bonds. The summed E-state index contributed by atoms with van der Waals surface area (Å²) in [5, 5.41) is 12.9. The smallest absolute Gasteiger partial charge is 0.0733 e. The monoisotopic (exact) mass is 177 g/mol. The van der Waals surface area contributed by atoms with Crippen LogP contribution in [0.1, 0.15) is 17.9 Å². The van der Waals surface area contributed by atoms with Crippen LogP contribution in [0.2, 0.25) is 0 Å². The topological polar surface area (TPSA) is 32.3 Å². The zero-order chi connectivity index (χ0) is 9.10. The third kappa shape index (κ3) is 1.90. The SMILES string of the molecule is OC1CNCCC1c1ccccc1. The second kappa shape index (κ2) is 3.90. The first-order chi connectivity index (χ1) is 6.38. The van der Waals surface area contributed by atoms with Crippen LogP contribution in [0, 0.1) is 0 Å². The average Bonchev–Trinajstić information content (AvgIpc) is 2.20. The summed E-state index contributed by atoms with van der Waals surface area (Å²) >= 11 is 0. The van der Waals surface area contributed by atoms with Gasteiger partial charge in [0.2, 0.25) is 0 Å². The van der Waals surface area contributed by atoms with Crippen molar-refractivity contribution in [3.8, 4) is 0 Å². The number of piperidine rings is 1. The van der Waals surface area contributed by atoms with Gasteiger partial charge in [-0.25, -0.2) is 0 Å². The number of aliphatic hydroxyl groups is 1. The Hall–Kier alpha value is -0.860. The second-order valence-electron chi connectivity index (χ2n) is 3.58. The maximum atomic E-state index is 9.76. The molecule has 2 nitrogen and oxygen atoms in total. The molecule has 2 heteroatoms. The van der Waals surface area contributed by atoms with Crippen LogP contribution in [0.15, 0.2) is 30.3 Å². The lowest BCUT2D eigenvalue weighted by Crippen LogP contribution is -2.39. The van der Waals surface area contributed by atoms with Crippen LogP contribution in [-0.4, -0.2) is 24.3 Å². The van der Waals surface area contributed by atoms with E-state index >= 15 is 0 Å². The van der Waals surface area contributed by atoms with Crippen molar-refractivity contribution in [3.63, 3.8) is 0 Å². The van der Waals surface area contributed by atoms with Crippen LogP contribution >= 0.6 is 0 Å². The fourth-order valence-corrected chi connectivity index (χ4v) is 1.93. The molecule has 2 rings (SSSR count). The quantitative estimate of drug-likeness (QED) is 0.674. The molecule has 1 aromatic rings. The highest BCUT2D eigenvalue weighted by Crippen LogP contribution is 2.24. The van der Waals surface area contributed by atoms with Crippen LogP contribution in [0.25, 0.3) is 0 Å². The average molecular weight is 177 g/mol. The zero-order valence-electron chi connectivity index (χ0n) is 7.61. The molecule has 1 aliphatic heterocycles. The van der Waals surface area contributed by atoms with Crippen molar-refractivity contribution in [2.24, 2.45) is 0 Å². The molecule has 0 aliphatic carbocycles. The molecule has 1 heterocycles. The molecule has 1 fully saturated rings. The minimum absolute atomic E-state index is 0.226.